The van der Waals surface area contributed by atoms with Crippen molar-refractivity contribution in [3.05, 3.63) is 0 Å². The fourth-order valence-electron chi connectivity index (χ4n) is 2.80. The van der Waals surface area contributed by atoms with Crippen molar-refractivity contribution in [1.29, 1.82) is 0 Å². The fourth-order valence-corrected chi connectivity index (χ4v) is 4.72. The van der Waals surface area contributed by atoms with Crippen molar-refractivity contribution in [3.63, 3.8) is 0 Å². The second-order valence-electron chi connectivity index (χ2n) is 5.66. The first kappa shape index (κ1) is 15.2. The maximum absolute atomic E-state index is 12.7. The van der Waals surface area contributed by atoms with Gasteiger partial charge in [0.2, 0.25) is 0 Å². The minimum atomic E-state index is -3.41. The van der Waals surface area contributed by atoms with Gasteiger partial charge in [-0.1, -0.05) is 0 Å². The molecule has 2 aliphatic heterocycles. The van der Waals surface area contributed by atoms with Crippen LogP contribution in [0.1, 0.15) is 27.7 Å². The summed E-state index contributed by atoms with van der Waals surface area (Å²) in [5.74, 6) is 0. The van der Waals surface area contributed by atoms with Crippen molar-refractivity contribution < 1.29 is 17.9 Å². The number of hydrogen-bond acceptors (Lipinski definition) is 4. The number of ether oxygens (including phenoxy) is 2. The zero-order valence-electron chi connectivity index (χ0n) is 12.1. The van der Waals surface area contributed by atoms with Gasteiger partial charge in [0.1, 0.15) is 0 Å². The second-order valence-corrected chi connectivity index (χ2v) is 7.58. The quantitative estimate of drug-likeness (QED) is 0.741. The Kier molecular flexibility index (Phi) is 4.52. The molecular weight excluding hydrogens is 268 g/mol. The van der Waals surface area contributed by atoms with Crippen LogP contribution < -0.4 is 0 Å². The summed E-state index contributed by atoms with van der Waals surface area (Å²) in [6, 6.07) is 0. The summed E-state index contributed by atoms with van der Waals surface area (Å²) in [7, 11) is -3.41. The molecule has 2 heterocycles. The summed E-state index contributed by atoms with van der Waals surface area (Å²) in [5.41, 5.74) is 0. The SMILES string of the molecule is C[C@@H]1CN(S(=O)(=O)N2C[C@@H](C)O[C@@H](C)C2)C[C@H](C)O1. The molecule has 0 aliphatic carbocycles. The minimum Gasteiger partial charge on any atom is -0.373 e. The Morgan fingerprint density at radius 1 is 0.737 bits per heavy atom. The van der Waals surface area contributed by atoms with Crippen LogP contribution in [0.2, 0.25) is 0 Å². The molecule has 112 valence electrons. The molecule has 0 saturated carbocycles. The van der Waals surface area contributed by atoms with Crippen molar-refractivity contribution in [3.8, 4) is 0 Å². The summed E-state index contributed by atoms with van der Waals surface area (Å²) in [6.45, 7) is 9.32. The number of rotatable bonds is 2. The average Bonchev–Trinajstić information content (AvgIpc) is 2.26. The van der Waals surface area contributed by atoms with E-state index in [2.05, 4.69) is 0 Å². The van der Waals surface area contributed by atoms with Gasteiger partial charge in [0.25, 0.3) is 10.2 Å². The van der Waals surface area contributed by atoms with Crippen LogP contribution in [-0.2, 0) is 19.7 Å². The Hall–Kier alpha value is -0.210. The van der Waals surface area contributed by atoms with Crippen LogP contribution in [0, 0.1) is 0 Å². The van der Waals surface area contributed by atoms with Crippen molar-refractivity contribution in [2.24, 2.45) is 0 Å². The second kappa shape index (κ2) is 5.65. The highest BCUT2D eigenvalue weighted by molar-refractivity contribution is 7.86. The highest BCUT2D eigenvalue weighted by Crippen LogP contribution is 2.21. The average molecular weight is 292 g/mol. The van der Waals surface area contributed by atoms with Gasteiger partial charge in [-0.25, -0.2) is 0 Å². The molecule has 0 radical (unpaired) electrons. The molecule has 0 N–H and O–H groups in total. The topological polar surface area (TPSA) is 59.1 Å². The smallest absolute Gasteiger partial charge is 0.282 e. The van der Waals surface area contributed by atoms with E-state index in [9.17, 15) is 8.42 Å². The summed E-state index contributed by atoms with van der Waals surface area (Å²) in [6.07, 6.45) is -0.243. The first-order chi connectivity index (χ1) is 8.79. The minimum absolute atomic E-state index is 0.0607. The highest BCUT2D eigenvalue weighted by atomic mass is 32.2. The first-order valence-electron chi connectivity index (χ1n) is 6.85. The molecule has 0 aromatic carbocycles. The van der Waals surface area contributed by atoms with E-state index in [4.69, 9.17) is 9.47 Å². The van der Waals surface area contributed by atoms with Crippen LogP contribution >= 0.6 is 0 Å². The Labute approximate surface area is 115 Å². The van der Waals surface area contributed by atoms with Gasteiger partial charge in [0, 0.05) is 26.2 Å². The molecule has 19 heavy (non-hydrogen) atoms. The van der Waals surface area contributed by atoms with E-state index in [0.29, 0.717) is 26.2 Å². The summed E-state index contributed by atoms with van der Waals surface area (Å²) in [5, 5.41) is 0. The molecule has 0 spiro atoms. The Balaban J connectivity index is 2.12. The Morgan fingerprint density at radius 2 is 1.00 bits per heavy atom. The number of hydrogen-bond donors (Lipinski definition) is 0. The highest BCUT2D eigenvalue weighted by Gasteiger charge is 2.38. The largest absolute Gasteiger partial charge is 0.373 e. The molecule has 0 aromatic rings. The summed E-state index contributed by atoms with van der Waals surface area (Å²) < 4.78 is 39.6. The molecule has 4 atom stereocenters. The maximum Gasteiger partial charge on any atom is 0.282 e. The number of nitrogens with zero attached hydrogens (tertiary/aromatic N) is 2. The molecule has 2 fully saturated rings. The lowest BCUT2D eigenvalue weighted by Gasteiger charge is -2.40. The predicted molar refractivity (Wildman–Crippen MR) is 72.1 cm³/mol. The fraction of sp³-hybridized carbons (Fsp3) is 1.00. The van der Waals surface area contributed by atoms with Crippen molar-refractivity contribution in [2.75, 3.05) is 26.2 Å². The van der Waals surface area contributed by atoms with E-state index >= 15 is 0 Å². The van der Waals surface area contributed by atoms with Crippen LogP contribution in [0.5, 0.6) is 0 Å². The normalized spacial score (nSPS) is 39.4. The van der Waals surface area contributed by atoms with Crippen LogP contribution in [0.25, 0.3) is 0 Å². The molecule has 7 heteroatoms. The predicted octanol–water partition coefficient (Wildman–Crippen LogP) is 0.450. The van der Waals surface area contributed by atoms with Crippen molar-refractivity contribution in [2.45, 2.75) is 52.1 Å². The van der Waals surface area contributed by atoms with Crippen molar-refractivity contribution in [1.82, 2.24) is 8.61 Å². The lowest BCUT2D eigenvalue weighted by Crippen LogP contribution is -2.57. The third-order valence-corrected chi connectivity index (χ3v) is 5.33. The van der Waals surface area contributed by atoms with Crippen LogP contribution in [0.3, 0.4) is 0 Å². The van der Waals surface area contributed by atoms with E-state index in [1.165, 1.54) is 8.61 Å². The summed E-state index contributed by atoms with van der Waals surface area (Å²) >= 11 is 0. The van der Waals surface area contributed by atoms with Gasteiger partial charge >= 0.3 is 0 Å². The zero-order chi connectivity index (χ0) is 14.2. The molecule has 2 rings (SSSR count). The summed E-state index contributed by atoms with van der Waals surface area (Å²) in [4.78, 5) is 0. The lowest BCUT2D eigenvalue weighted by atomic mass is 10.3. The molecule has 6 nitrogen and oxygen atoms in total. The zero-order valence-corrected chi connectivity index (χ0v) is 12.9. The Morgan fingerprint density at radius 3 is 1.26 bits per heavy atom. The van der Waals surface area contributed by atoms with E-state index in [1.807, 2.05) is 27.7 Å². The van der Waals surface area contributed by atoms with E-state index < -0.39 is 10.2 Å². The van der Waals surface area contributed by atoms with E-state index in [-0.39, 0.29) is 24.4 Å². The Bertz CT molecular complexity index is 362. The van der Waals surface area contributed by atoms with Gasteiger partial charge in [-0.05, 0) is 27.7 Å². The number of morpholine rings is 2. The molecule has 0 bridgehead atoms. The van der Waals surface area contributed by atoms with Crippen LogP contribution in [-0.4, -0.2) is 67.6 Å². The third-order valence-electron chi connectivity index (χ3n) is 3.42. The van der Waals surface area contributed by atoms with E-state index in [0.717, 1.165) is 0 Å². The van der Waals surface area contributed by atoms with Gasteiger partial charge in [-0.15, -0.1) is 0 Å². The standard InChI is InChI=1S/C12H24N2O4S/c1-9-5-13(6-10(2)17-9)19(15,16)14-7-11(3)18-12(4)8-14/h9-12H,5-8H2,1-4H3/t9-,10+,11-,12+. The van der Waals surface area contributed by atoms with Crippen molar-refractivity contribution >= 4 is 10.2 Å². The van der Waals surface area contributed by atoms with Crippen LogP contribution in [0.15, 0.2) is 0 Å². The van der Waals surface area contributed by atoms with Gasteiger partial charge in [0.05, 0.1) is 24.4 Å². The first-order valence-corrected chi connectivity index (χ1v) is 8.25. The van der Waals surface area contributed by atoms with Gasteiger partial charge in [-0.3, -0.25) is 0 Å². The van der Waals surface area contributed by atoms with E-state index in [1.54, 1.807) is 0 Å². The lowest BCUT2D eigenvalue weighted by molar-refractivity contribution is -0.0567. The van der Waals surface area contributed by atoms with Gasteiger partial charge in [0.15, 0.2) is 0 Å². The molecule has 0 unspecified atom stereocenters. The molecule has 2 aliphatic rings. The molecule has 0 amide bonds. The molecular formula is C12H24N2O4S. The maximum atomic E-state index is 12.7. The molecule has 0 aromatic heterocycles. The van der Waals surface area contributed by atoms with Gasteiger partial charge in [-0.2, -0.15) is 17.0 Å². The monoisotopic (exact) mass is 292 g/mol. The molecule has 2 saturated heterocycles. The third kappa shape index (κ3) is 3.46. The van der Waals surface area contributed by atoms with Crippen LogP contribution in [0.4, 0.5) is 0 Å². The van der Waals surface area contributed by atoms with Gasteiger partial charge < -0.3 is 9.47 Å².